The van der Waals surface area contributed by atoms with E-state index in [1.807, 2.05) is 17.5 Å². The molecule has 0 amide bonds. The molecule has 3 aromatic rings. The molecule has 25 heavy (non-hydrogen) atoms. The molecule has 0 N–H and O–H groups in total. The van der Waals surface area contributed by atoms with Gasteiger partial charge in [-0.05, 0) is 39.6 Å². The molecule has 0 spiro atoms. The van der Waals surface area contributed by atoms with E-state index in [9.17, 15) is 8.78 Å². The Hall–Kier alpha value is -2.20. The van der Waals surface area contributed by atoms with Gasteiger partial charge < -0.3 is 9.47 Å². The minimum Gasteiger partial charge on any atom is -0.493 e. The number of thiophene rings is 1. The predicted molar refractivity (Wildman–Crippen MR) is 90.4 cm³/mol. The lowest BCUT2D eigenvalue weighted by Gasteiger charge is -2.11. The summed E-state index contributed by atoms with van der Waals surface area (Å²) in [6.07, 6.45) is 0. The highest BCUT2D eigenvalue weighted by Crippen LogP contribution is 2.31. The lowest BCUT2D eigenvalue weighted by molar-refractivity contribution is -0.0512. The lowest BCUT2D eigenvalue weighted by Crippen LogP contribution is -2.04. The first-order valence-electron chi connectivity index (χ1n) is 7.19. The van der Waals surface area contributed by atoms with Crippen molar-refractivity contribution in [2.45, 2.75) is 24.1 Å². The molecule has 0 aliphatic heterocycles. The van der Waals surface area contributed by atoms with Crippen LogP contribution in [0.1, 0.15) is 10.4 Å². The number of methoxy groups -OCH3 is 1. The lowest BCUT2D eigenvalue weighted by atomic mass is 10.2. The predicted octanol–water partition coefficient (Wildman–Crippen LogP) is 3.69. The topological polar surface area (TPSA) is 62.1 Å². The highest BCUT2D eigenvalue weighted by molar-refractivity contribution is 7.98. The molecule has 10 heteroatoms. The van der Waals surface area contributed by atoms with Gasteiger partial charge in [0.15, 0.2) is 11.5 Å². The quantitative estimate of drug-likeness (QED) is 0.552. The van der Waals surface area contributed by atoms with Crippen molar-refractivity contribution in [2.75, 3.05) is 7.11 Å². The molecule has 0 aliphatic carbocycles. The van der Waals surface area contributed by atoms with Gasteiger partial charge >= 0.3 is 6.61 Å². The summed E-state index contributed by atoms with van der Waals surface area (Å²) in [6, 6.07) is 8.84. The van der Waals surface area contributed by atoms with Crippen molar-refractivity contribution in [3.05, 3.63) is 46.2 Å². The van der Waals surface area contributed by atoms with Gasteiger partial charge in [0, 0.05) is 10.6 Å². The number of halogens is 2. The Morgan fingerprint density at radius 2 is 2.16 bits per heavy atom. The number of alkyl halides is 2. The van der Waals surface area contributed by atoms with E-state index in [-0.39, 0.29) is 11.5 Å². The molecular formula is C15H14F2N4O2S2. The largest absolute Gasteiger partial charge is 0.493 e. The van der Waals surface area contributed by atoms with Crippen LogP contribution < -0.4 is 9.47 Å². The average Bonchev–Trinajstić information content (AvgIpc) is 3.26. The Kier molecular flexibility index (Phi) is 5.82. The molecule has 132 valence electrons. The highest BCUT2D eigenvalue weighted by atomic mass is 32.2. The minimum absolute atomic E-state index is 0.00813. The van der Waals surface area contributed by atoms with Crippen LogP contribution in [0.15, 0.2) is 40.9 Å². The Morgan fingerprint density at radius 1 is 1.28 bits per heavy atom. The fourth-order valence-corrected chi connectivity index (χ4v) is 3.60. The minimum atomic E-state index is -2.89. The van der Waals surface area contributed by atoms with Crippen LogP contribution in [0.25, 0.3) is 0 Å². The third-order valence-corrected chi connectivity index (χ3v) is 5.09. The third-order valence-electron chi connectivity index (χ3n) is 3.20. The van der Waals surface area contributed by atoms with E-state index in [1.165, 1.54) is 24.9 Å². The Morgan fingerprint density at radius 3 is 2.88 bits per heavy atom. The summed E-state index contributed by atoms with van der Waals surface area (Å²) in [5.74, 6) is 0.834. The highest BCUT2D eigenvalue weighted by Gasteiger charge is 2.13. The molecule has 0 unspecified atom stereocenters. The maximum Gasteiger partial charge on any atom is 0.387 e. The van der Waals surface area contributed by atoms with Crippen LogP contribution in [0.4, 0.5) is 8.78 Å². The molecular weight excluding hydrogens is 370 g/mol. The SMILES string of the molecule is COc1cc(CSc2nnnn2Cc2cccs2)ccc1OC(F)F. The van der Waals surface area contributed by atoms with E-state index in [2.05, 4.69) is 20.3 Å². The second kappa shape index (κ2) is 8.26. The average molecular weight is 384 g/mol. The van der Waals surface area contributed by atoms with Crippen LogP contribution in [0.5, 0.6) is 11.5 Å². The molecule has 0 saturated heterocycles. The van der Waals surface area contributed by atoms with E-state index in [4.69, 9.17) is 4.74 Å². The van der Waals surface area contributed by atoms with Gasteiger partial charge in [-0.1, -0.05) is 23.9 Å². The van der Waals surface area contributed by atoms with Gasteiger partial charge in [-0.25, -0.2) is 4.68 Å². The van der Waals surface area contributed by atoms with Crippen LogP contribution in [0.3, 0.4) is 0 Å². The normalized spacial score (nSPS) is 11.0. The van der Waals surface area contributed by atoms with E-state index in [1.54, 1.807) is 28.2 Å². The Labute approximate surface area is 150 Å². The summed E-state index contributed by atoms with van der Waals surface area (Å²) in [5, 5.41) is 14.4. The molecule has 3 rings (SSSR count). The number of hydrogen-bond donors (Lipinski definition) is 0. The second-order valence-corrected chi connectivity index (χ2v) is 6.83. The first-order chi connectivity index (χ1) is 12.2. The van der Waals surface area contributed by atoms with Crippen LogP contribution in [0, 0.1) is 0 Å². The van der Waals surface area contributed by atoms with E-state index >= 15 is 0 Å². The van der Waals surface area contributed by atoms with Crippen molar-refractivity contribution in [1.82, 2.24) is 20.2 Å². The van der Waals surface area contributed by atoms with Crippen LogP contribution >= 0.6 is 23.1 Å². The van der Waals surface area contributed by atoms with Gasteiger partial charge in [0.1, 0.15) is 0 Å². The van der Waals surface area contributed by atoms with E-state index in [0.717, 1.165) is 10.4 Å². The monoisotopic (exact) mass is 384 g/mol. The van der Waals surface area contributed by atoms with Crippen molar-refractivity contribution in [3.63, 3.8) is 0 Å². The number of tetrazole rings is 1. The first-order valence-corrected chi connectivity index (χ1v) is 9.05. The fourth-order valence-electron chi connectivity index (χ4n) is 2.09. The fraction of sp³-hybridized carbons (Fsp3) is 0.267. The number of ether oxygens (including phenoxy) is 2. The Balaban J connectivity index is 1.67. The number of rotatable bonds is 8. The summed E-state index contributed by atoms with van der Waals surface area (Å²) in [6.45, 7) is -2.28. The molecule has 1 aromatic carbocycles. The zero-order valence-corrected chi connectivity index (χ0v) is 14.8. The van der Waals surface area contributed by atoms with Crippen molar-refractivity contribution < 1.29 is 18.3 Å². The molecule has 0 fully saturated rings. The molecule has 2 heterocycles. The van der Waals surface area contributed by atoms with E-state index < -0.39 is 6.61 Å². The van der Waals surface area contributed by atoms with Crippen molar-refractivity contribution in [2.24, 2.45) is 0 Å². The van der Waals surface area contributed by atoms with Crippen LogP contribution in [-0.2, 0) is 12.3 Å². The molecule has 2 aromatic heterocycles. The standard InChI is InChI=1S/C15H14F2N4O2S2/c1-22-13-7-10(4-5-12(13)23-14(16)17)9-25-15-18-19-20-21(15)8-11-3-2-6-24-11/h2-7,14H,8-9H2,1H3. The second-order valence-electron chi connectivity index (χ2n) is 4.85. The van der Waals surface area contributed by atoms with Gasteiger partial charge in [0.05, 0.1) is 13.7 Å². The maximum absolute atomic E-state index is 12.4. The molecule has 0 saturated carbocycles. The van der Waals surface area contributed by atoms with Gasteiger partial charge in [0.2, 0.25) is 5.16 Å². The maximum atomic E-state index is 12.4. The molecule has 0 radical (unpaired) electrons. The van der Waals surface area contributed by atoms with Crippen molar-refractivity contribution >= 4 is 23.1 Å². The first kappa shape index (κ1) is 17.6. The molecule has 0 aliphatic rings. The van der Waals surface area contributed by atoms with Crippen LogP contribution in [0.2, 0.25) is 0 Å². The van der Waals surface area contributed by atoms with Gasteiger partial charge in [-0.2, -0.15) is 8.78 Å². The number of benzene rings is 1. The summed E-state index contributed by atoms with van der Waals surface area (Å²) >= 11 is 3.09. The number of nitrogens with zero attached hydrogens (tertiary/aromatic N) is 4. The molecule has 6 nitrogen and oxygen atoms in total. The number of hydrogen-bond acceptors (Lipinski definition) is 7. The summed E-state index contributed by atoms with van der Waals surface area (Å²) in [4.78, 5) is 1.16. The third kappa shape index (κ3) is 4.67. The number of thioether (sulfide) groups is 1. The van der Waals surface area contributed by atoms with Gasteiger partial charge in [-0.3, -0.25) is 0 Å². The summed E-state index contributed by atoms with van der Waals surface area (Å²) < 4.78 is 36.0. The molecule has 0 atom stereocenters. The summed E-state index contributed by atoms with van der Waals surface area (Å²) in [7, 11) is 1.41. The number of aromatic nitrogens is 4. The van der Waals surface area contributed by atoms with E-state index in [0.29, 0.717) is 17.5 Å². The smallest absolute Gasteiger partial charge is 0.387 e. The Bertz CT molecular complexity index is 812. The van der Waals surface area contributed by atoms with Crippen molar-refractivity contribution in [3.8, 4) is 11.5 Å². The van der Waals surface area contributed by atoms with Gasteiger partial charge in [-0.15, -0.1) is 16.4 Å². The molecule has 0 bridgehead atoms. The summed E-state index contributed by atoms with van der Waals surface area (Å²) in [5.41, 5.74) is 0.883. The zero-order valence-electron chi connectivity index (χ0n) is 13.1. The van der Waals surface area contributed by atoms with Gasteiger partial charge in [0.25, 0.3) is 0 Å². The van der Waals surface area contributed by atoms with Crippen LogP contribution in [-0.4, -0.2) is 33.9 Å². The van der Waals surface area contributed by atoms with Crippen molar-refractivity contribution in [1.29, 1.82) is 0 Å². The zero-order chi connectivity index (χ0) is 17.6.